The van der Waals surface area contributed by atoms with Crippen molar-refractivity contribution in [2.45, 2.75) is 6.61 Å². The molecule has 0 aliphatic heterocycles. The van der Waals surface area contributed by atoms with Crippen LogP contribution >= 0.6 is 11.3 Å². The molecule has 0 aliphatic carbocycles. The molecule has 0 unspecified atom stereocenters. The van der Waals surface area contributed by atoms with Crippen molar-refractivity contribution in [3.63, 3.8) is 0 Å². The maximum Gasteiger partial charge on any atom is 0.355 e. The first-order valence-corrected chi connectivity index (χ1v) is 9.08. The fourth-order valence-electron chi connectivity index (χ4n) is 2.85. The number of rotatable bonds is 5. The van der Waals surface area contributed by atoms with Crippen LogP contribution in [0.3, 0.4) is 0 Å². The number of fused-ring (bicyclic) bond motifs is 1. The van der Waals surface area contributed by atoms with Gasteiger partial charge in [0.2, 0.25) is 0 Å². The average Bonchev–Trinajstić information content (AvgIpc) is 3.17. The normalized spacial score (nSPS) is 10.9. The van der Waals surface area contributed by atoms with E-state index in [0.717, 1.165) is 10.8 Å². The quantitative estimate of drug-likeness (QED) is 0.506. The fourth-order valence-corrected chi connectivity index (χ4v) is 3.71. The number of ether oxygens (including phenoxy) is 1. The third kappa shape index (κ3) is 3.39. The largest absolute Gasteiger partial charge is 0.488 e. The van der Waals surface area contributed by atoms with Gasteiger partial charge in [-0.1, -0.05) is 48.5 Å². The summed E-state index contributed by atoms with van der Waals surface area (Å²) in [6.07, 6.45) is 0. The van der Waals surface area contributed by atoms with Crippen molar-refractivity contribution < 1.29 is 19.0 Å². The summed E-state index contributed by atoms with van der Waals surface area (Å²) in [4.78, 5) is 15.4. The number of benzene rings is 3. The average molecular weight is 379 g/mol. The van der Waals surface area contributed by atoms with Crippen LogP contribution in [0.4, 0.5) is 4.39 Å². The summed E-state index contributed by atoms with van der Waals surface area (Å²) < 4.78 is 19.8. The zero-order chi connectivity index (χ0) is 18.8. The van der Waals surface area contributed by atoms with E-state index in [-0.39, 0.29) is 18.1 Å². The van der Waals surface area contributed by atoms with Crippen LogP contribution < -0.4 is 4.74 Å². The summed E-state index contributed by atoms with van der Waals surface area (Å²) in [6, 6.07) is 17.9. The highest BCUT2D eigenvalue weighted by Gasteiger charge is 2.17. The Bertz CT molecular complexity index is 1140. The van der Waals surface area contributed by atoms with Crippen molar-refractivity contribution >= 4 is 28.1 Å². The molecule has 1 N–H and O–H groups in total. The molecule has 0 spiro atoms. The molecule has 4 nitrogen and oxygen atoms in total. The number of carboxylic acid groups (broad SMARTS) is 1. The van der Waals surface area contributed by atoms with Crippen molar-refractivity contribution in [2.24, 2.45) is 0 Å². The topological polar surface area (TPSA) is 59.4 Å². The SMILES string of the molecule is O=C(O)c1csc(-c2c(OCc3ccccc3F)ccc3ccccc23)n1. The monoisotopic (exact) mass is 379 g/mol. The Morgan fingerprint density at radius 1 is 1.07 bits per heavy atom. The van der Waals surface area contributed by atoms with Gasteiger partial charge >= 0.3 is 5.97 Å². The lowest BCUT2D eigenvalue weighted by Crippen LogP contribution is -2.00. The van der Waals surface area contributed by atoms with E-state index in [1.54, 1.807) is 24.3 Å². The lowest BCUT2D eigenvalue weighted by atomic mass is 10.0. The zero-order valence-electron chi connectivity index (χ0n) is 14.1. The summed E-state index contributed by atoms with van der Waals surface area (Å²) in [5.41, 5.74) is 1.15. The van der Waals surface area contributed by atoms with Crippen molar-refractivity contribution in [1.29, 1.82) is 0 Å². The molecule has 1 heterocycles. The van der Waals surface area contributed by atoms with Crippen molar-refractivity contribution in [1.82, 2.24) is 4.98 Å². The maximum absolute atomic E-state index is 13.9. The van der Waals surface area contributed by atoms with Gasteiger partial charge in [-0.3, -0.25) is 0 Å². The first-order valence-electron chi connectivity index (χ1n) is 8.20. The van der Waals surface area contributed by atoms with Gasteiger partial charge in [-0.15, -0.1) is 11.3 Å². The summed E-state index contributed by atoms with van der Waals surface area (Å²) in [5, 5.41) is 13.1. The van der Waals surface area contributed by atoms with E-state index in [4.69, 9.17) is 4.74 Å². The van der Waals surface area contributed by atoms with Gasteiger partial charge in [0.15, 0.2) is 5.69 Å². The number of aromatic carboxylic acids is 1. The molecule has 0 fully saturated rings. The molecule has 0 amide bonds. The molecule has 134 valence electrons. The summed E-state index contributed by atoms with van der Waals surface area (Å²) in [5.74, 6) is -0.878. The second kappa shape index (κ2) is 7.17. The Morgan fingerprint density at radius 2 is 1.85 bits per heavy atom. The van der Waals surface area contributed by atoms with Crippen LogP contribution in [0.25, 0.3) is 21.3 Å². The Balaban J connectivity index is 1.80. The molecule has 0 saturated heterocycles. The number of hydrogen-bond acceptors (Lipinski definition) is 4. The molecule has 6 heteroatoms. The lowest BCUT2D eigenvalue weighted by Gasteiger charge is -2.13. The number of nitrogens with zero attached hydrogens (tertiary/aromatic N) is 1. The number of aromatic nitrogens is 1. The van der Waals surface area contributed by atoms with Gasteiger partial charge < -0.3 is 9.84 Å². The van der Waals surface area contributed by atoms with Crippen LogP contribution in [0.2, 0.25) is 0 Å². The zero-order valence-corrected chi connectivity index (χ0v) is 14.9. The summed E-state index contributed by atoms with van der Waals surface area (Å²) in [6.45, 7) is 0.0647. The van der Waals surface area contributed by atoms with Gasteiger partial charge in [0.1, 0.15) is 23.2 Å². The number of hydrogen-bond donors (Lipinski definition) is 1. The predicted molar refractivity (Wildman–Crippen MR) is 103 cm³/mol. The molecule has 0 atom stereocenters. The van der Waals surface area contributed by atoms with Gasteiger partial charge in [0, 0.05) is 10.9 Å². The molecule has 0 radical (unpaired) electrons. The molecular formula is C21H14FNO3S. The summed E-state index contributed by atoms with van der Waals surface area (Å²) in [7, 11) is 0. The molecule has 27 heavy (non-hydrogen) atoms. The molecule has 0 aliphatic rings. The smallest absolute Gasteiger partial charge is 0.355 e. The number of halogens is 1. The number of thiazole rings is 1. The van der Waals surface area contributed by atoms with E-state index >= 15 is 0 Å². The second-order valence-corrected chi connectivity index (χ2v) is 6.74. The van der Waals surface area contributed by atoms with Crippen LogP contribution in [-0.2, 0) is 6.61 Å². The van der Waals surface area contributed by atoms with Crippen molar-refractivity contribution in [3.05, 3.63) is 83.1 Å². The van der Waals surface area contributed by atoms with E-state index in [9.17, 15) is 14.3 Å². The maximum atomic E-state index is 13.9. The molecular weight excluding hydrogens is 365 g/mol. The second-order valence-electron chi connectivity index (χ2n) is 5.88. The van der Waals surface area contributed by atoms with E-state index in [1.807, 2.05) is 30.3 Å². The third-order valence-corrected chi connectivity index (χ3v) is 5.03. The van der Waals surface area contributed by atoms with Gasteiger partial charge in [0.05, 0.1) is 5.56 Å². The standard InChI is InChI=1S/C21H14FNO3S/c22-16-8-4-2-6-14(16)11-26-18-10-9-13-5-1-3-7-15(13)19(18)20-23-17(12-27-20)21(24)25/h1-10,12H,11H2,(H,24,25). The highest BCUT2D eigenvalue weighted by Crippen LogP contribution is 2.39. The summed E-state index contributed by atoms with van der Waals surface area (Å²) >= 11 is 1.24. The van der Waals surface area contributed by atoms with Crippen LogP contribution in [0.5, 0.6) is 5.75 Å². The van der Waals surface area contributed by atoms with Crippen molar-refractivity contribution in [2.75, 3.05) is 0 Å². The molecule has 0 saturated carbocycles. The van der Waals surface area contributed by atoms with E-state index < -0.39 is 5.97 Å². The predicted octanol–water partition coefficient (Wildman–Crippen LogP) is 5.38. The van der Waals surface area contributed by atoms with Crippen LogP contribution in [0.1, 0.15) is 16.1 Å². The molecule has 4 aromatic rings. The number of carbonyl (C=O) groups is 1. The molecule has 4 rings (SSSR count). The molecule has 0 bridgehead atoms. The first-order chi connectivity index (χ1) is 13.1. The Morgan fingerprint density at radius 3 is 2.63 bits per heavy atom. The van der Waals surface area contributed by atoms with Gasteiger partial charge in [-0.05, 0) is 22.9 Å². The van der Waals surface area contributed by atoms with E-state index in [1.165, 1.54) is 22.8 Å². The van der Waals surface area contributed by atoms with E-state index in [0.29, 0.717) is 21.9 Å². The molecule has 1 aromatic heterocycles. The lowest BCUT2D eigenvalue weighted by molar-refractivity contribution is 0.0691. The Labute approximate surface area is 158 Å². The minimum Gasteiger partial charge on any atom is -0.488 e. The highest BCUT2D eigenvalue weighted by molar-refractivity contribution is 7.13. The third-order valence-electron chi connectivity index (χ3n) is 4.17. The van der Waals surface area contributed by atoms with Gasteiger partial charge in [-0.2, -0.15) is 0 Å². The molecule has 3 aromatic carbocycles. The van der Waals surface area contributed by atoms with Gasteiger partial charge in [0.25, 0.3) is 0 Å². The van der Waals surface area contributed by atoms with Crippen LogP contribution in [0.15, 0.2) is 66.0 Å². The highest BCUT2D eigenvalue weighted by atomic mass is 32.1. The van der Waals surface area contributed by atoms with E-state index in [2.05, 4.69) is 4.98 Å². The van der Waals surface area contributed by atoms with Crippen LogP contribution in [-0.4, -0.2) is 16.1 Å². The Hall–Kier alpha value is -3.25. The van der Waals surface area contributed by atoms with Gasteiger partial charge in [-0.25, -0.2) is 14.2 Å². The van der Waals surface area contributed by atoms with Crippen LogP contribution in [0, 0.1) is 5.82 Å². The fraction of sp³-hybridized carbons (Fsp3) is 0.0476. The minimum absolute atomic E-state index is 0.0111. The first kappa shape index (κ1) is 17.2. The van der Waals surface area contributed by atoms with Crippen molar-refractivity contribution in [3.8, 4) is 16.3 Å². The Kier molecular flexibility index (Phi) is 4.56. The number of carboxylic acids is 1. The minimum atomic E-state index is -1.08.